The van der Waals surface area contributed by atoms with E-state index >= 15 is 0 Å². The number of benzene rings is 1. The van der Waals surface area contributed by atoms with Gasteiger partial charge in [0.05, 0.1) is 10.7 Å². The number of nitrogens with one attached hydrogen (secondary N) is 2. The summed E-state index contributed by atoms with van der Waals surface area (Å²) in [6, 6.07) is 4.41. The van der Waals surface area contributed by atoms with Gasteiger partial charge in [-0.2, -0.15) is 0 Å². The van der Waals surface area contributed by atoms with Gasteiger partial charge in [0.15, 0.2) is 0 Å². The van der Waals surface area contributed by atoms with E-state index in [1.54, 1.807) is 18.2 Å². The lowest BCUT2D eigenvalue weighted by Gasteiger charge is -2.12. The predicted molar refractivity (Wildman–Crippen MR) is 75.2 cm³/mol. The Labute approximate surface area is 121 Å². The third-order valence-corrected chi connectivity index (χ3v) is 3.18. The van der Waals surface area contributed by atoms with Crippen LogP contribution in [0.5, 0.6) is 0 Å². The molecule has 1 aliphatic rings. The van der Waals surface area contributed by atoms with Gasteiger partial charge in [0, 0.05) is 12.0 Å². The molecule has 0 bridgehead atoms. The number of amides is 2. The second-order valence-electron chi connectivity index (χ2n) is 4.30. The molecule has 1 aromatic rings. The Hall–Kier alpha value is -2.03. The Morgan fingerprint density at radius 1 is 1.55 bits per heavy atom. The minimum absolute atomic E-state index is 0.126. The van der Waals surface area contributed by atoms with E-state index in [1.807, 2.05) is 0 Å². The highest BCUT2D eigenvalue weighted by Gasteiger charge is 2.27. The van der Waals surface area contributed by atoms with Crippen molar-refractivity contribution in [3.8, 4) is 11.8 Å². The van der Waals surface area contributed by atoms with E-state index in [4.69, 9.17) is 16.7 Å². The van der Waals surface area contributed by atoms with Crippen LogP contribution in [0.4, 0.5) is 5.69 Å². The molecule has 1 aromatic carbocycles. The third kappa shape index (κ3) is 3.50. The van der Waals surface area contributed by atoms with Crippen molar-refractivity contribution in [3.63, 3.8) is 0 Å². The van der Waals surface area contributed by atoms with Gasteiger partial charge in [-0.1, -0.05) is 23.4 Å². The van der Waals surface area contributed by atoms with E-state index in [-0.39, 0.29) is 18.4 Å². The zero-order valence-corrected chi connectivity index (χ0v) is 11.3. The number of carbonyl (C=O) groups is 2. The number of halogens is 1. The summed E-state index contributed by atoms with van der Waals surface area (Å²) in [5.41, 5.74) is 1.07. The van der Waals surface area contributed by atoms with E-state index in [2.05, 4.69) is 22.5 Å². The molecular weight excluding hydrogens is 280 g/mol. The summed E-state index contributed by atoms with van der Waals surface area (Å²) >= 11 is 6.01. The van der Waals surface area contributed by atoms with Gasteiger partial charge in [-0.3, -0.25) is 9.59 Å². The minimum atomic E-state index is -0.522. The van der Waals surface area contributed by atoms with Crippen molar-refractivity contribution in [3.05, 3.63) is 28.8 Å². The number of anilines is 1. The maximum absolute atomic E-state index is 12.0. The Bertz CT molecular complexity index is 604. The van der Waals surface area contributed by atoms with Crippen LogP contribution in [0.3, 0.4) is 0 Å². The molecule has 0 spiro atoms. The first-order valence-corrected chi connectivity index (χ1v) is 6.47. The van der Waals surface area contributed by atoms with Crippen LogP contribution in [0.15, 0.2) is 18.2 Å². The molecule has 0 aliphatic carbocycles. The van der Waals surface area contributed by atoms with Gasteiger partial charge >= 0.3 is 0 Å². The van der Waals surface area contributed by atoms with Crippen LogP contribution >= 0.6 is 11.6 Å². The summed E-state index contributed by atoms with van der Waals surface area (Å²) in [6.45, 7) is -0.238. The summed E-state index contributed by atoms with van der Waals surface area (Å²) in [7, 11) is 0. The topological polar surface area (TPSA) is 78.4 Å². The SMILES string of the molecule is O=C1CCC(C(=O)Nc2cc(C#CCO)ccc2Cl)N1. The van der Waals surface area contributed by atoms with Crippen molar-refractivity contribution in [2.75, 3.05) is 11.9 Å². The van der Waals surface area contributed by atoms with Gasteiger partial charge in [0.25, 0.3) is 0 Å². The highest BCUT2D eigenvalue weighted by molar-refractivity contribution is 6.33. The molecule has 1 aliphatic heterocycles. The molecule has 0 radical (unpaired) electrons. The standard InChI is InChI=1S/C14H13ClN2O3/c15-10-4-3-9(2-1-7-18)8-12(10)17-14(20)11-5-6-13(19)16-11/h3-4,8,11,18H,5-7H2,(H,16,19)(H,17,20). The van der Waals surface area contributed by atoms with Crippen molar-refractivity contribution in [2.45, 2.75) is 18.9 Å². The van der Waals surface area contributed by atoms with Crippen LogP contribution in [-0.2, 0) is 9.59 Å². The summed E-state index contributed by atoms with van der Waals surface area (Å²) in [4.78, 5) is 23.1. The molecule has 1 heterocycles. The normalized spacial score (nSPS) is 17.1. The summed E-state index contributed by atoms with van der Waals surface area (Å²) in [5, 5.41) is 14.3. The van der Waals surface area contributed by atoms with Gasteiger partial charge in [-0.15, -0.1) is 0 Å². The lowest BCUT2D eigenvalue weighted by atomic mass is 10.1. The Kier molecular flexibility index (Phi) is 4.61. The molecule has 104 valence electrons. The van der Waals surface area contributed by atoms with Crippen molar-refractivity contribution in [1.82, 2.24) is 5.32 Å². The van der Waals surface area contributed by atoms with Crippen LogP contribution in [-0.4, -0.2) is 29.6 Å². The lowest BCUT2D eigenvalue weighted by molar-refractivity contribution is -0.122. The summed E-state index contributed by atoms with van der Waals surface area (Å²) < 4.78 is 0. The first-order valence-electron chi connectivity index (χ1n) is 6.09. The van der Waals surface area contributed by atoms with Crippen LogP contribution < -0.4 is 10.6 Å². The average Bonchev–Trinajstić information content (AvgIpc) is 2.86. The number of rotatable bonds is 2. The van der Waals surface area contributed by atoms with Crippen molar-refractivity contribution < 1.29 is 14.7 Å². The molecule has 2 rings (SSSR count). The Morgan fingerprint density at radius 2 is 2.35 bits per heavy atom. The first-order chi connectivity index (χ1) is 9.60. The van der Waals surface area contributed by atoms with Crippen LogP contribution in [0.1, 0.15) is 18.4 Å². The van der Waals surface area contributed by atoms with Crippen LogP contribution in [0, 0.1) is 11.8 Å². The van der Waals surface area contributed by atoms with Crippen molar-refractivity contribution >= 4 is 29.1 Å². The predicted octanol–water partition coefficient (Wildman–Crippen LogP) is 0.901. The third-order valence-electron chi connectivity index (χ3n) is 2.85. The van der Waals surface area contributed by atoms with Crippen molar-refractivity contribution in [1.29, 1.82) is 0 Å². The molecule has 1 atom stereocenters. The smallest absolute Gasteiger partial charge is 0.247 e. The van der Waals surface area contributed by atoms with Crippen LogP contribution in [0.2, 0.25) is 5.02 Å². The quantitative estimate of drug-likeness (QED) is 0.709. The Morgan fingerprint density at radius 3 is 3.00 bits per heavy atom. The zero-order valence-electron chi connectivity index (χ0n) is 10.6. The van der Waals surface area contributed by atoms with Crippen molar-refractivity contribution in [2.24, 2.45) is 0 Å². The van der Waals surface area contributed by atoms with Crippen LogP contribution in [0.25, 0.3) is 0 Å². The molecule has 1 fully saturated rings. The highest BCUT2D eigenvalue weighted by atomic mass is 35.5. The molecule has 6 heteroatoms. The molecule has 1 unspecified atom stereocenters. The lowest BCUT2D eigenvalue weighted by Crippen LogP contribution is -2.37. The fourth-order valence-corrected chi connectivity index (χ4v) is 2.04. The van der Waals surface area contributed by atoms with Gasteiger partial charge in [-0.25, -0.2) is 0 Å². The molecule has 0 aromatic heterocycles. The molecule has 20 heavy (non-hydrogen) atoms. The molecule has 2 amide bonds. The van der Waals surface area contributed by atoms with E-state index in [1.165, 1.54) is 0 Å². The average molecular weight is 293 g/mol. The summed E-state index contributed by atoms with van der Waals surface area (Å²) in [6.07, 6.45) is 0.833. The first kappa shape index (κ1) is 14.4. The molecular formula is C14H13ClN2O3. The highest BCUT2D eigenvalue weighted by Crippen LogP contribution is 2.23. The van der Waals surface area contributed by atoms with Gasteiger partial charge in [0.2, 0.25) is 11.8 Å². The number of carbonyl (C=O) groups excluding carboxylic acids is 2. The number of aliphatic hydroxyl groups is 1. The summed E-state index contributed by atoms with van der Waals surface area (Å²) in [5.74, 6) is 4.82. The second-order valence-corrected chi connectivity index (χ2v) is 4.71. The van der Waals surface area contributed by atoms with Gasteiger partial charge in [0.1, 0.15) is 12.6 Å². The van der Waals surface area contributed by atoms with E-state index in [0.717, 1.165) is 0 Å². The largest absolute Gasteiger partial charge is 0.384 e. The fraction of sp³-hybridized carbons (Fsp3) is 0.286. The number of hydrogen-bond acceptors (Lipinski definition) is 3. The number of aliphatic hydroxyl groups excluding tert-OH is 1. The maximum Gasteiger partial charge on any atom is 0.247 e. The van der Waals surface area contributed by atoms with Gasteiger partial charge < -0.3 is 15.7 Å². The van der Waals surface area contributed by atoms with E-state index in [9.17, 15) is 9.59 Å². The monoisotopic (exact) mass is 292 g/mol. The maximum atomic E-state index is 12.0. The molecule has 3 N–H and O–H groups in total. The van der Waals surface area contributed by atoms with E-state index < -0.39 is 6.04 Å². The molecule has 5 nitrogen and oxygen atoms in total. The second kappa shape index (κ2) is 6.42. The fourth-order valence-electron chi connectivity index (χ4n) is 1.87. The Balaban J connectivity index is 2.12. The zero-order chi connectivity index (χ0) is 14.5. The van der Waals surface area contributed by atoms with E-state index in [0.29, 0.717) is 29.1 Å². The number of hydrogen-bond donors (Lipinski definition) is 3. The van der Waals surface area contributed by atoms with Gasteiger partial charge in [-0.05, 0) is 24.6 Å². The minimum Gasteiger partial charge on any atom is -0.384 e. The molecule has 0 saturated carbocycles. The molecule has 1 saturated heterocycles.